The van der Waals surface area contributed by atoms with Crippen molar-refractivity contribution in [2.75, 3.05) is 0 Å². The van der Waals surface area contributed by atoms with Crippen LogP contribution >= 0.6 is 45.2 Å². The number of aliphatic carboxylic acids is 1. The molecule has 0 saturated heterocycles. The Balaban J connectivity index is 3.04. The number of nitrogens with one attached hydrogen (secondary N) is 1. The Morgan fingerprint density at radius 1 is 1.35 bits per heavy atom. The number of aromatic hydroxyl groups is 1. The van der Waals surface area contributed by atoms with Crippen molar-refractivity contribution in [2.45, 2.75) is 26.3 Å². The summed E-state index contributed by atoms with van der Waals surface area (Å²) in [5.74, 6) is -1.98. The molecule has 3 N–H and O–H groups in total. The highest BCUT2D eigenvalue weighted by molar-refractivity contribution is 14.1. The van der Waals surface area contributed by atoms with Crippen LogP contribution in [0.25, 0.3) is 0 Å². The van der Waals surface area contributed by atoms with Gasteiger partial charge in [0.2, 0.25) is 0 Å². The minimum Gasteiger partial charge on any atom is -0.506 e. The maximum atomic E-state index is 12.2. The summed E-state index contributed by atoms with van der Waals surface area (Å²) in [7, 11) is 0. The molecule has 5 nitrogen and oxygen atoms in total. The highest BCUT2D eigenvalue weighted by Gasteiger charge is 2.27. The van der Waals surface area contributed by atoms with Gasteiger partial charge in [-0.3, -0.25) is 4.79 Å². The third-order valence-corrected chi connectivity index (χ3v) is 4.48. The number of phenols is 1. The Kier molecular flexibility index (Phi) is 6.49. The maximum absolute atomic E-state index is 12.2. The van der Waals surface area contributed by atoms with Gasteiger partial charge >= 0.3 is 5.97 Å². The first-order valence-corrected chi connectivity index (χ1v) is 8.15. The summed E-state index contributed by atoms with van der Waals surface area (Å²) in [6.07, 6.45) is 0.632. The smallest absolute Gasteiger partial charge is 0.326 e. The normalized spacial score (nSPS) is 13.6. The van der Waals surface area contributed by atoms with Gasteiger partial charge in [-0.1, -0.05) is 20.3 Å². The quantitative estimate of drug-likeness (QED) is 0.540. The van der Waals surface area contributed by atoms with E-state index >= 15 is 0 Å². The van der Waals surface area contributed by atoms with Gasteiger partial charge < -0.3 is 15.5 Å². The lowest BCUT2D eigenvalue weighted by atomic mass is 9.99. The number of carbonyl (C=O) groups excluding carboxylic acids is 1. The molecule has 1 rings (SSSR count). The van der Waals surface area contributed by atoms with Gasteiger partial charge in [0.1, 0.15) is 11.8 Å². The standard InChI is InChI=1S/C13H15I2NO4/c1-3-6(2)10(13(19)20)16-12(18)8-4-7(14)5-9(15)11(8)17/h4-6,10,17H,3H2,1-2H3,(H,16,18)(H,19,20)/t6-,10-/m0/s1. The van der Waals surface area contributed by atoms with Crippen molar-refractivity contribution in [3.8, 4) is 5.75 Å². The predicted octanol–water partition coefficient (Wildman–Crippen LogP) is 2.83. The molecule has 1 aromatic carbocycles. The summed E-state index contributed by atoms with van der Waals surface area (Å²) in [6, 6.07) is 2.29. The molecule has 110 valence electrons. The SMILES string of the molecule is CC[C@H](C)[C@H](NC(=O)c1cc(I)cc(I)c1O)C(=O)O. The van der Waals surface area contributed by atoms with Crippen molar-refractivity contribution in [1.82, 2.24) is 5.32 Å². The van der Waals surface area contributed by atoms with E-state index in [1.165, 1.54) is 6.07 Å². The molecule has 0 bridgehead atoms. The highest BCUT2D eigenvalue weighted by Crippen LogP contribution is 2.27. The second kappa shape index (κ2) is 7.43. The number of hydrogen-bond donors (Lipinski definition) is 3. The van der Waals surface area contributed by atoms with Crippen LogP contribution in [0.3, 0.4) is 0 Å². The molecule has 7 heteroatoms. The van der Waals surface area contributed by atoms with Gasteiger partial charge in [-0.2, -0.15) is 0 Å². The molecular weight excluding hydrogens is 488 g/mol. The molecule has 0 heterocycles. The molecule has 1 aromatic rings. The van der Waals surface area contributed by atoms with E-state index in [1.54, 1.807) is 13.0 Å². The Morgan fingerprint density at radius 3 is 2.45 bits per heavy atom. The van der Waals surface area contributed by atoms with E-state index in [9.17, 15) is 14.7 Å². The first-order valence-electron chi connectivity index (χ1n) is 5.99. The average Bonchev–Trinajstić information content (AvgIpc) is 2.38. The van der Waals surface area contributed by atoms with Gasteiger partial charge in [0.05, 0.1) is 9.13 Å². The third-order valence-electron chi connectivity index (χ3n) is 3.04. The van der Waals surface area contributed by atoms with Crippen LogP contribution in [0.1, 0.15) is 30.6 Å². The molecule has 2 atom stereocenters. The van der Waals surface area contributed by atoms with Gasteiger partial charge in [-0.15, -0.1) is 0 Å². The number of phenolic OH excluding ortho intramolecular Hbond substituents is 1. The molecule has 0 unspecified atom stereocenters. The molecule has 20 heavy (non-hydrogen) atoms. The van der Waals surface area contributed by atoms with Crippen LogP contribution in [-0.4, -0.2) is 28.1 Å². The molecule has 1 amide bonds. The predicted molar refractivity (Wildman–Crippen MR) is 91.9 cm³/mol. The van der Waals surface area contributed by atoms with E-state index < -0.39 is 17.9 Å². The summed E-state index contributed by atoms with van der Waals surface area (Å²) in [5, 5.41) is 21.6. The van der Waals surface area contributed by atoms with Crippen molar-refractivity contribution in [2.24, 2.45) is 5.92 Å². The lowest BCUT2D eigenvalue weighted by Crippen LogP contribution is -2.45. The van der Waals surface area contributed by atoms with E-state index in [2.05, 4.69) is 5.32 Å². The lowest BCUT2D eigenvalue weighted by Gasteiger charge is -2.20. The summed E-state index contributed by atoms with van der Waals surface area (Å²) < 4.78 is 1.35. The molecule has 0 aliphatic carbocycles. The van der Waals surface area contributed by atoms with Crippen molar-refractivity contribution < 1.29 is 19.8 Å². The molecule has 0 aliphatic heterocycles. The van der Waals surface area contributed by atoms with Crippen molar-refractivity contribution in [1.29, 1.82) is 0 Å². The number of rotatable bonds is 5. The van der Waals surface area contributed by atoms with Crippen LogP contribution in [0.15, 0.2) is 12.1 Å². The number of carboxylic acids is 1. The number of hydrogen-bond acceptors (Lipinski definition) is 3. The molecule has 0 saturated carbocycles. The molecule has 0 spiro atoms. The highest BCUT2D eigenvalue weighted by atomic mass is 127. The van der Waals surface area contributed by atoms with Gasteiger partial charge in [0.15, 0.2) is 0 Å². The summed E-state index contributed by atoms with van der Waals surface area (Å²) in [4.78, 5) is 23.4. The van der Waals surface area contributed by atoms with Crippen molar-refractivity contribution in [3.63, 3.8) is 0 Å². The second-order valence-corrected chi connectivity index (χ2v) is 6.87. The van der Waals surface area contributed by atoms with Crippen molar-refractivity contribution in [3.05, 3.63) is 24.8 Å². The third kappa shape index (κ3) is 4.21. The number of carboxylic acid groups (broad SMARTS) is 1. The van der Waals surface area contributed by atoms with Gasteiger partial charge in [0, 0.05) is 3.57 Å². The topological polar surface area (TPSA) is 86.6 Å². The summed E-state index contributed by atoms with van der Waals surface area (Å²) in [5.41, 5.74) is 0.0934. The fourth-order valence-corrected chi connectivity index (χ4v) is 3.49. The zero-order chi connectivity index (χ0) is 15.4. The van der Waals surface area contributed by atoms with E-state index in [4.69, 9.17) is 5.11 Å². The van der Waals surface area contributed by atoms with E-state index in [1.807, 2.05) is 52.1 Å². The van der Waals surface area contributed by atoms with Gasteiger partial charge in [-0.25, -0.2) is 4.79 Å². The molecule has 0 aliphatic rings. The fraction of sp³-hybridized carbons (Fsp3) is 0.385. The van der Waals surface area contributed by atoms with Crippen LogP contribution in [0.5, 0.6) is 5.75 Å². The second-order valence-electron chi connectivity index (χ2n) is 4.46. The largest absolute Gasteiger partial charge is 0.506 e. The molecule has 0 fully saturated rings. The minimum absolute atomic E-state index is 0.0934. The van der Waals surface area contributed by atoms with Crippen LogP contribution in [-0.2, 0) is 4.79 Å². The van der Waals surface area contributed by atoms with E-state index in [0.29, 0.717) is 9.99 Å². The molecular formula is C13H15I2NO4. The average molecular weight is 503 g/mol. The summed E-state index contributed by atoms with van der Waals surface area (Å²) in [6.45, 7) is 3.62. The number of halogens is 2. The number of benzene rings is 1. The van der Waals surface area contributed by atoms with Crippen LogP contribution < -0.4 is 5.32 Å². The monoisotopic (exact) mass is 503 g/mol. The molecule has 0 aromatic heterocycles. The molecule has 0 radical (unpaired) electrons. The van der Waals surface area contributed by atoms with Crippen LogP contribution in [0, 0.1) is 13.1 Å². The first kappa shape index (κ1) is 17.5. The zero-order valence-electron chi connectivity index (χ0n) is 11.0. The van der Waals surface area contributed by atoms with Crippen LogP contribution in [0.2, 0.25) is 0 Å². The summed E-state index contributed by atoms with van der Waals surface area (Å²) >= 11 is 3.96. The Bertz CT molecular complexity index is 533. The number of carbonyl (C=O) groups is 2. The van der Waals surface area contributed by atoms with Gasteiger partial charge in [-0.05, 0) is 63.2 Å². The van der Waals surface area contributed by atoms with E-state index in [0.717, 1.165) is 3.57 Å². The Labute approximate surface area is 144 Å². The fourth-order valence-electron chi connectivity index (χ4n) is 1.64. The Morgan fingerprint density at radius 2 is 1.95 bits per heavy atom. The van der Waals surface area contributed by atoms with E-state index in [-0.39, 0.29) is 17.2 Å². The zero-order valence-corrected chi connectivity index (χ0v) is 15.3. The van der Waals surface area contributed by atoms with Crippen LogP contribution in [0.4, 0.5) is 0 Å². The first-order chi connectivity index (χ1) is 9.27. The lowest BCUT2D eigenvalue weighted by molar-refractivity contribution is -0.140. The maximum Gasteiger partial charge on any atom is 0.326 e. The van der Waals surface area contributed by atoms with Gasteiger partial charge in [0.25, 0.3) is 5.91 Å². The Hall–Kier alpha value is -0.580. The number of amides is 1. The van der Waals surface area contributed by atoms with Crippen molar-refractivity contribution >= 4 is 57.1 Å². The minimum atomic E-state index is -1.08.